The van der Waals surface area contributed by atoms with Gasteiger partial charge in [-0.05, 0) is 42.7 Å². The zero-order valence-corrected chi connectivity index (χ0v) is 15.9. The highest BCUT2D eigenvalue weighted by Gasteiger charge is 2.38. The summed E-state index contributed by atoms with van der Waals surface area (Å²) < 4.78 is 15.5. The summed E-state index contributed by atoms with van der Waals surface area (Å²) in [7, 11) is 0. The molecule has 1 aliphatic carbocycles. The quantitative estimate of drug-likeness (QED) is 0.672. The fourth-order valence-electron chi connectivity index (χ4n) is 4.82. The lowest BCUT2D eigenvalue weighted by Gasteiger charge is -2.24. The molecule has 1 amide bonds. The van der Waals surface area contributed by atoms with Gasteiger partial charge in [-0.3, -0.25) is 4.79 Å². The summed E-state index contributed by atoms with van der Waals surface area (Å²) in [6.45, 7) is 1.39. The van der Waals surface area contributed by atoms with Crippen molar-refractivity contribution in [3.8, 4) is 0 Å². The molecule has 1 atom stereocenters. The van der Waals surface area contributed by atoms with Crippen LogP contribution in [0.3, 0.4) is 0 Å². The predicted octanol–water partition coefficient (Wildman–Crippen LogP) is 4.48. The van der Waals surface area contributed by atoms with Gasteiger partial charge in [-0.25, -0.2) is 9.37 Å². The van der Waals surface area contributed by atoms with Crippen molar-refractivity contribution in [3.05, 3.63) is 65.7 Å². The Hall–Kier alpha value is -2.69. The van der Waals surface area contributed by atoms with Gasteiger partial charge in [-0.15, -0.1) is 0 Å². The number of hydrogen-bond donors (Lipinski definition) is 0. The van der Waals surface area contributed by atoms with E-state index < -0.39 is 0 Å². The summed E-state index contributed by atoms with van der Waals surface area (Å²) in [6.07, 6.45) is 5.24. The number of fused-ring (bicyclic) bond motifs is 1. The molecule has 3 aromatic rings. The van der Waals surface area contributed by atoms with E-state index >= 15 is 0 Å². The molecule has 1 saturated carbocycles. The Balaban J connectivity index is 1.50. The molecule has 0 radical (unpaired) electrons. The maximum Gasteiger partial charge on any atom is 0.223 e. The zero-order valence-electron chi connectivity index (χ0n) is 15.9. The van der Waals surface area contributed by atoms with Gasteiger partial charge in [-0.2, -0.15) is 0 Å². The first-order chi connectivity index (χ1) is 13.7. The Morgan fingerprint density at radius 2 is 1.79 bits per heavy atom. The van der Waals surface area contributed by atoms with Crippen LogP contribution in [0.4, 0.5) is 4.39 Å². The number of likely N-dealkylation sites (tertiary alicyclic amines) is 1. The van der Waals surface area contributed by atoms with Crippen molar-refractivity contribution in [2.24, 2.45) is 0 Å². The average molecular weight is 377 g/mol. The molecule has 2 aromatic carbocycles. The van der Waals surface area contributed by atoms with Gasteiger partial charge in [0.25, 0.3) is 0 Å². The first kappa shape index (κ1) is 17.4. The van der Waals surface area contributed by atoms with Gasteiger partial charge in [0.15, 0.2) is 0 Å². The second kappa shape index (κ2) is 7.04. The summed E-state index contributed by atoms with van der Waals surface area (Å²) in [6, 6.07) is 15.1. The molecule has 1 aliphatic heterocycles. The molecule has 0 bridgehead atoms. The van der Waals surface area contributed by atoms with E-state index in [4.69, 9.17) is 4.98 Å². The number of benzene rings is 2. The van der Waals surface area contributed by atoms with Crippen molar-refractivity contribution in [1.29, 1.82) is 0 Å². The third-order valence-electron chi connectivity index (χ3n) is 6.23. The summed E-state index contributed by atoms with van der Waals surface area (Å²) >= 11 is 0. The van der Waals surface area contributed by atoms with Crippen LogP contribution in [0.25, 0.3) is 11.0 Å². The van der Waals surface area contributed by atoms with Gasteiger partial charge < -0.3 is 9.47 Å². The number of hydrogen-bond acceptors (Lipinski definition) is 2. The molecule has 1 aromatic heterocycles. The topological polar surface area (TPSA) is 38.1 Å². The van der Waals surface area contributed by atoms with Crippen LogP contribution in [0.1, 0.15) is 49.4 Å². The number of halogens is 1. The molecule has 0 N–H and O–H groups in total. The van der Waals surface area contributed by atoms with Crippen molar-refractivity contribution in [3.63, 3.8) is 0 Å². The number of imidazole rings is 1. The van der Waals surface area contributed by atoms with Crippen molar-refractivity contribution in [2.75, 3.05) is 6.54 Å². The van der Waals surface area contributed by atoms with Crippen LogP contribution < -0.4 is 0 Å². The minimum atomic E-state index is -0.229. The van der Waals surface area contributed by atoms with Crippen molar-refractivity contribution >= 4 is 16.9 Å². The Labute approximate surface area is 164 Å². The molecule has 1 saturated heterocycles. The molecule has 4 nitrogen and oxygen atoms in total. The second-order valence-corrected chi connectivity index (χ2v) is 8.06. The minimum absolute atomic E-state index is 0.112. The Kier molecular flexibility index (Phi) is 4.38. The molecule has 2 fully saturated rings. The van der Waals surface area contributed by atoms with E-state index in [0.717, 1.165) is 41.8 Å². The van der Waals surface area contributed by atoms with Crippen molar-refractivity contribution in [2.45, 2.75) is 50.6 Å². The lowest BCUT2D eigenvalue weighted by atomic mass is 10.1. The Bertz CT molecular complexity index is 1000. The normalized spacial score (nSPS) is 20.5. The van der Waals surface area contributed by atoms with E-state index in [0.29, 0.717) is 19.0 Å². The molecule has 0 spiro atoms. The summed E-state index contributed by atoms with van der Waals surface area (Å²) in [5, 5.41) is 0. The van der Waals surface area contributed by atoms with Crippen molar-refractivity contribution in [1.82, 2.24) is 14.5 Å². The van der Waals surface area contributed by atoms with Crippen LogP contribution in [-0.2, 0) is 11.3 Å². The number of rotatable bonds is 4. The SMILES string of the molecule is O=C1CC(c2nc3ccccc3n2Cc2ccc(F)cc2)CN1C1CCCC1. The first-order valence-electron chi connectivity index (χ1n) is 10.2. The molecule has 2 aliphatic rings. The zero-order chi connectivity index (χ0) is 19.1. The highest BCUT2D eigenvalue weighted by Crippen LogP contribution is 2.35. The van der Waals surface area contributed by atoms with Crippen LogP contribution >= 0.6 is 0 Å². The third-order valence-corrected chi connectivity index (χ3v) is 6.23. The van der Waals surface area contributed by atoms with Crippen LogP contribution in [0.5, 0.6) is 0 Å². The smallest absolute Gasteiger partial charge is 0.223 e. The van der Waals surface area contributed by atoms with Crippen molar-refractivity contribution < 1.29 is 9.18 Å². The molecular weight excluding hydrogens is 353 g/mol. The maximum atomic E-state index is 13.3. The molecule has 1 unspecified atom stereocenters. The van der Waals surface area contributed by atoms with Crippen LogP contribution in [0.2, 0.25) is 0 Å². The molecule has 5 heteroatoms. The Morgan fingerprint density at radius 1 is 1.04 bits per heavy atom. The van der Waals surface area contributed by atoms with E-state index in [1.165, 1.54) is 25.0 Å². The standard InChI is InChI=1S/C23H24FN3O/c24-18-11-9-16(10-12-18)14-27-21-8-4-3-7-20(21)25-23(27)17-13-22(28)26(15-17)19-5-1-2-6-19/h3-4,7-12,17,19H,1-2,5-6,13-15H2. The highest BCUT2D eigenvalue weighted by atomic mass is 19.1. The predicted molar refractivity (Wildman–Crippen MR) is 107 cm³/mol. The summed E-state index contributed by atoms with van der Waals surface area (Å²) in [4.78, 5) is 19.7. The highest BCUT2D eigenvalue weighted by molar-refractivity contribution is 5.81. The van der Waals surface area contributed by atoms with E-state index in [2.05, 4.69) is 15.5 Å². The number of carbonyl (C=O) groups excluding carboxylic acids is 1. The molecule has 2 heterocycles. The van der Waals surface area contributed by atoms with Gasteiger partial charge in [0, 0.05) is 31.5 Å². The number of carbonyl (C=O) groups is 1. The minimum Gasteiger partial charge on any atom is -0.339 e. The number of aromatic nitrogens is 2. The molecule has 28 heavy (non-hydrogen) atoms. The van der Waals surface area contributed by atoms with E-state index in [1.807, 2.05) is 30.3 Å². The van der Waals surface area contributed by atoms with Gasteiger partial charge >= 0.3 is 0 Å². The van der Waals surface area contributed by atoms with Gasteiger partial charge in [-0.1, -0.05) is 37.1 Å². The van der Waals surface area contributed by atoms with Gasteiger partial charge in [0.05, 0.1) is 11.0 Å². The second-order valence-electron chi connectivity index (χ2n) is 8.06. The number of nitrogens with zero attached hydrogens (tertiary/aromatic N) is 3. The molecular formula is C23H24FN3O. The number of amides is 1. The molecule has 144 valence electrons. The first-order valence-corrected chi connectivity index (χ1v) is 10.2. The van der Waals surface area contributed by atoms with Crippen LogP contribution in [-0.4, -0.2) is 32.9 Å². The Morgan fingerprint density at radius 3 is 2.57 bits per heavy atom. The summed E-state index contributed by atoms with van der Waals surface area (Å²) in [5.41, 5.74) is 3.04. The summed E-state index contributed by atoms with van der Waals surface area (Å²) in [5.74, 6) is 1.12. The fraction of sp³-hybridized carbons (Fsp3) is 0.391. The third kappa shape index (κ3) is 3.09. The van der Waals surface area contributed by atoms with Gasteiger partial charge in [0.1, 0.15) is 11.6 Å². The van der Waals surface area contributed by atoms with Gasteiger partial charge in [0.2, 0.25) is 5.91 Å². The largest absolute Gasteiger partial charge is 0.339 e. The fourth-order valence-corrected chi connectivity index (χ4v) is 4.82. The average Bonchev–Trinajstić information content (AvgIpc) is 3.42. The van der Waals surface area contributed by atoms with E-state index in [1.54, 1.807) is 0 Å². The van der Waals surface area contributed by atoms with Crippen LogP contribution in [0, 0.1) is 5.82 Å². The lowest BCUT2D eigenvalue weighted by Crippen LogP contribution is -2.34. The number of para-hydroxylation sites is 2. The monoisotopic (exact) mass is 377 g/mol. The molecule has 5 rings (SSSR count). The van der Waals surface area contributed by atoms with Crippen LogP contribution in [0.15, 0.2) is 48.5 Å². The maximum absolute atomic E-state index is 13.3. The van der Waals surface area contributed by atoms with E-state index in [9.17, 15) is 9.18 Å². The van der Waals surface area contributed by atoms with E-state index in [-0.39, 0.29) is 17.6 Å². The lowest BCUT2D eigenvalue weighted by molar-refractivity contribution is -0.129.